The van der Waals surface area contributed by atoms with Gasteiger partial charge in [0.25, 0.3) is 0 Å². The zero-order valence-corrected chi connectivity index (χ0v) is 12.6. The van der Waals surface area contributed by atoms with Crippen LogP contribution in [0, 0.1) is 0 Å². The number of hydrogen-bond acceptors (Lipinski definition) is 1. The Morgan fingerprint density at radius 2 is 1.65 bits per heavy atom. The summed E-state index contributed by atoms with van der Waals surface area (Å²) in [5.74, 6) is 1.78. The lowest BCUT2D eigenvalue weighted by molar-refractivity contribution is 0.674. The largest absolute Gasteiger partial charge is 0.344 e. The van der Waals surface area contributed by atoms with Crippen LogP contribution in [0.2, 0.25) is 0 Å². The van der Waals surface area contributed by atoms with Crippen LogP contribution in [0.15, 0.2) is 47.4 Å². The van der Waals surface area contributed by atoms with Gasteiger partial charge in [0.15, 0.2) is 0 Å². The maximum atomic E-state index is 13.0. The molecule has 20 heavy (non-hydrogen) atoms. The molecule has 1 aromatic heterocycles. The molecule has 1 aliphatic rings. The molecule has 0 N–H and O–H groups in total. The van der Waals surface area contributed by atoms with Gasteiger partial charge in [0.1, 0.15) is 0 Å². The van der Waals surface area contributed by atoms with Crippen molar-refractivity contribution in [1.82, 2.24) is 4.57 Å². The predicted molar refractivity (Wildman–Crippen MR) is 87.2 cm³/mol. The molecule has 1 saturated heterocycles. The topological polar surface area (TPSA) is 22.0 Å². The van der Waals surface area contributed by atoms with Crippen LogP contribution in [-0.2, 0) is 17.0 Å². The minimum Gasteiger partial charge on any atom is -0.344 e. The van der Waals surface area contributed by atoms with Crippen molar-refractivity contribution in [3.63, 3.8) is 0 Å². The Labute approximate surface area is 119 Å². The Kier molecular flexibility index (Phi) is 2.55. The highest BCUT2D eigenvalue weighted by molar-refractivity contribution is 8.03. The van der Waals surface area contributed by atoms with Crippen LogP contribution in [0.3, 0.4) is 0 Å². The molecule has 104 valence electrons. The van der Waals surface area contributed by atoms with Crippen LogP contribution in [0.4, 0.5) is 0 Å². The maximum absolute atomic E-state index is 13.0. The summed E-state index contributed by atoms with van der Waals surface area (Å²) in [7, 11) is -0.00552. The summed E-state index contributed by atoms with van der Waals surface area (Å²) in [5.41, 5.74) is 2.46. The molecule has 3 aromatic rings. The zero-order chi connectivity index (χ0) is 13.7. The number of hydrogen-bond donors (Lipinski definition) is 1. The molecule has 0 unspecified atom stereocenters. The summed E-state index contributed by atoms with van der Waals surface area (Å²) in [6, 6.07) is 14.9. The number of aryl methyl sites for hydroxylation is 1. The highest BCUT2D eigenvalue weighted by Gasteiger charge is 2.24. The molecule has 0 amide bonds. The fourth-order valence-corrected chi connectivity index (χ4v) is 6.43. The van der Waals surface area contributed by atoms with Crippen LogP contribution in [0.5, 0.6) is 0 Å². The third-order valence-corrected chi connectivity index (χ3v) is 7.95. The second kappa shape index (κ2) is 4.19. The molecule has 2 aromatic carbocycles. The van der Waals surface area contributed by atoms with E-state index in [1.807, 2.05) is 0 Å². The van der Waals surface area contributed by atoms with E-state index in [4.69, 9.17) is 0 Å². The van der Waals surface area contributed by atoms with Gasteiger partial charge < -0.3 is 4.57 Å². The predicted octanol–water partition coefficient (Wildman–Crippen LogP) is 3.50. The first kappa shape index (κ1) is 12.2. The minimum atomic E-state index is -2.10. The van der Waals surface area contributed by atoms with Crippen LogP contribution in [0.25, 0.3) is 21.8 Å². The monoisotopic (exact) mass is 285 g/mol. The Hall–Kier alpha value is -1.61. The molecule has 1 aliphatic heterocycles. The van der Waals surface area contributed by atoms with Gasteiger partial charge in [-0.15, -0.1) is 0 Å². The third-order valence-electron chi connectivity index (χ3n) is 4.66. The summed E-state index contributed by atoms with van der Waals surface area (Å²) in [6.45, 7) is 0. The lowest BCUT2D eigenvalue weighted by Crippen LogP contribution is -2.13. The molecule has 0 aliphatic carbocycles. The van der Waals surface area contributed by atoms with Gasteiger partial charge >= 0.3 is 0 Å². The van der Waals surface area contributed by atoms with Crippen molar-refractivity contribution < 1.29 is 4.21 Å². The number of para-hydroxylation sites is 1. The Bertz CT molecular complexity index is 852. The van der Waals surface area contributed by atoms with E-state index in [1.165, 1.54) is 21.8 Å². The van der Waals surface area contributed by atoms with Crippen molar-refractivity contribution in [2.75, 3.05) is 11.5 Å². The van der Waals surface area contributed by atoms with Gasteiger partial charge in [-0.25, -0.2) is 0 Å². The van der Waals surface area contributed by atoms with Crippen molar-refractivity contribution in [1.29, 1.82) is 0 Å². The fraction of sp³-hybridized carbons (Fsp3) is 0.294. The van der Waals surface area contributed by atoms with E-state index < -0.39 is 9.93 Å². The molecular formula is C17H19NOS. The number of nitrogens with zero attached hydrogens (tertiary/aromatic N) is 1. The zero-order valence-electron chi connectivity index (χ0n) is 11.7. The van der Waals surface area contributed by atoms with Crippen LogP contribution in [0.1, 0.15) is 12.8 Å². The summed E-state index contributed by atoms with van der Waals surface area (Å²) in [5, 5.41) is 2.50. The summed E-state index contributed by atoms with van der Waals surface area (Å²) in [6.07, 6.45) is 2.23. The molecule has 0 atom stereocenters. The van der Waals surface area contributed by atoms with E-state index in [9.17, 15) is 4.21 Å². The SMILES string of the molecule is Cn1c2ccccc2c2cc([SH]3(=O)CCCC3)ccc21. The lowest BCUT2D eigenvalue weighted by atomic mass is 10.1. The first-order valence-electron chi connectivity index (χ1n) is 7.25. The number of fused-ring (bicyclic) bond motifs is 3. The smallest absolute Gasteiger partial charge is 0.0489 e. The first-order valence-corrected chi connectivity index (χ1v) is 9.33. The molecule has 0 radical (unpaired) electrons. The first-order chi connectivity index (χ1) is 9.69. The highest BCUT2D eigenvalue weighted by atomic mass is 32.2. The van der Waals surface area contributed by atoms with E-state index in [0.717, 1.165) is 29.2 Å². The van der Waals surface area contributed by atoms with Crippen LogP contribution in [-0.4, -0.2) is 20.3 Å². The summed E-state index contributed by atoms with van der Waals surface area (Å²) < 4.78 is 15.2. The lowest BCUT2D eigenvalue weighted by Gasteiger charge is -2.17. The number of aromatic nitrogens is 1. The number of rotatable bonds is 1. The van der Waals surface area contributed by atoms with E-state index in [-0.39, 0.29) is 0 Å². The number of thiol groups is 1. The quantitative estimate of drug-likeness (QED) is 0.679. The second-order valence-corrected chi connectivity index (χ2v) is 9.01. The van der Waals surface area contributed by atoms with Gasteiger partial charge in [0, 0.05) is 45.3 Å². The molecule has 0 bridgehead atoms. The van der Waals surface area contributed by atoms with Crippen molar-refractivity contribution in [2.45, 2.75) is 17.7 Å². The van der Waals surface area contributed by atoms with Crippen molar-refractivity contribution in [2.24, 2.45) is 7.05 Å². The number of benzene rings is 2. The normalized spacial score (nSPS) is 19.6. The van der Waals surface area contributed by atoms with Crippen molar-refractivity contribution in [3.8, 4) is 0 Å². The second-order valence-electron chi connectivity index (χ2n) is 5.82. The highest BCUT2D eigenvalue weighted by Crippen LogP contribution is 2.34. The molecule has 2 heterocycles. The maximum Gasteiger partial charge on any atom is 0.0489 e. The molecule has 0 saturated carbocycles. The molecular weight excluding hydrogens is 266 g/mol. The van der Waals surface area contributed by atoms with Gasteiger partial charge in [0.2, 0.25) is 0 Å². The van der Waals surface area contributed by atoms with Crippen molar-refractivity contribution in [3.05, 3.63) is 42.5 Å². The van der Waals surface area contributed by atoms with Crippen LogP contribution < -0.4 is 0 Å². The third kappa shape index (κ3) is 1.59. The van der Waals surface area contributed by atoms with Gasteiger partial charge in [-0.2, -0.15) is 0 Å². The molecule has 0 spiro atoms. The van der Waals surface area contributed by atoms with E-state index in [1.54, 1.807) is 0 Å². The average Bonchev–Trinajstić information content (AvgIpc) is 3.04. The van der Waals surface area contributed by atoms with Crippen LogP contribution >= 0.6 is 0 Å². The standard InChI is InChI=1S/C17H19NOS/c1-18-16-7-3-2-6-14(16)15-12-13(8-9-17(15)18)20(19)10-4-5-11-20/h2-3,6-9,12,20H,4-5,10-11H2,1H3. The Morgan fingerprint density at radius 3 is 2.45 bits per heavy atom. The van der Waals surface area contributed by atoms with E-state index in [2.05, 4.69) is 54.1 Å². The molecule has 3 heteroatoms. The van der Waals surface area contributed by atoms with Gasteiger partial charge in [-0.05, 0) is 37.1 Å². The van der Waals surface area contributed by atoms with Gasteiger partial charge in [-0.3, -0.25) is 4.21 Å². The fourth-order valence-electron chi connectivity index (χ4n) is 3.51. The van der Waals surface area contributed by atoms with Gasteiger partial charge in [-0.1, -0.05) is 28.1 Å². The molecule has 2 nitrogen and oxygen atoms in total. The van der Waals surface area contributed by atoms with Gasteiger partial charge in [0.05, 0.1) is 0 Å². The Balaban J connectivity index is 2.04. The average molecular weight is 285 g/mol. The van der Waals surface area contributed by atoms with Crippen molar-refractivity contribution >= 4 is 31.7 Å². The Morgan fingerprint density at radius 1 is 0.950 bits per heavy atom. The molecule has 4 rings (SSSR count). The summed E-state index contributed by atoms with van der Waals surface area (Å²) in [4.78, 5) is 1.08. The van der Waals surface area contributed by atoms with E-state index >= 15 is 0 Å². The van der Waals surface area contributed by atoms with E-state index in [0.29, 0.717) is 0 Å². The minimum absolute atomic E-state index is 0.892. The summed E-state index contributed by atoms with van der Waals surface area (Å²) >= 11 is 0. The molecule has 1 fully saturated rings.